The Balaban J connectivity index is 2.08. The van der Waals surface area contributed by atoms with Gasteiger partial charge in [-0.25, -0.2) is 4.39 Å². The van der Waals surface area contributed by atoms with Gasteiger partial charge >= 0.3 is 0 Å². The van der Waals surface area contributed by atoms with Crippen molar-refractivity contribution in [2.24, 2.45) is 5.92 Å². The van der Waals surface area contributed by atoms with Crippen LogP contribution in [0.25, 0.3) is 0 Å². The van der Waals surface area contributed by atoms with Crippen LogP contribution in [0, 0.1) is 11.7 Å². The second kappa shape index (κ2) is 7.41. The van der Waals surface area contributed by atoms with Gasteiger partial charge in [0.25, 0.3) is 0 Å². The third kappa shape index (κ3) is 3.94. The van der Waals surface area contributed by atoms with E-state index in [1.165, 1.54) is 0 Å². The first-order valence-electron chi connectivity index (χ1n) is 7.61. The SMILES string of the molecule is CCNCc1ccc(N2CCCC(C(=O)NC)C2)c(F)c1. The van der Waals surface area contributed by atoms with Gasteiger partial charge in [0, 0.05) is 26.7 Å². The van der Waals surface area contributed by atoms with E-state index in [9.17, 15) is 9.18 Å². The second-order valence-electron chi connectivity index (χ2n) is 5.47. The maximum atomic E-state index is 14.3. The Morgan fingerprint density at radius 3 is 2.95 bits per heavy atom. The number of piperidine rings is 1. The number of anilines is 1. The van der Waals surface area contributed by atoms with E-state index in [1.54, 1.807) is 13.1 Å². The van der Waals surface area contributed by atoms with E-state index in [1.807, 2.05) is 24.0 Å². The largest absolute Gasteiger partial charge is 0.368 e. The minimum atomic E-state index is -0.206. The molecule has 1 aliphatic heterocycles. The van der Waals surface area contributed by atoms with Crippen molar-refractivity contribution in [3.63, 3.8) is 0 Å². The van der Waals surface area contributed by atoms with Crippen molar-refractivity contribution < 1.29 is 9.18 Å². The molecule has 21 heavy (non-hydrogen) atoms. The summed E-state index contributed by atoms with van der Waals surface area (Å²) < 4.78 is 14.3. The highest BCUT2D eigenvalue weighted by Crippen LogP contribution is 2.26. The molecule has 1 aliphatic rings. The van der Waals surface area contributed by atoms with Crippen LogP contribution >= 0.6 is 0 Å². The van der Waals surface area contributed by atoms with Gasteiger partial charge < -0.3 is 15.5 Å². The monoisotopic (exact) mass is 293 g/mol. The second-order valence-corrected chi connectivity index (χ2v) is 5.47. The van der Waals surface area contributed by atoms with Gasteiger partial charge in [0.1, 0.15) is 5.82 Å². The number of carbonyl (C=O) groups excluding carboxylic acids is 1. The summed E-state index contributed by atoms with van der Waals surface area (Å²) in [4.78, 5) is 13.7. The van der Waals surface area contributed by atoms with Gasteiger partial charge in [-0.3, -0.25) is 4.79 Å². The highest BCUT2D eigenvalue weighted by atomic mass is 19.1. The Hall–Kier alpha value is -1.62. The lowest BCUT2D eigenvalue weighted by molar-refractivity contribution is -0.124. The Morgan fingerprint density at radius 2 is 2.29 bits per heavy atom. The molecule has 1 aromatic carbocycles. The topological polar surface area (TPSA) is 44.4 Å². The molecule has 116 valence electrons. The fourth-order valence-electron chi connectivity index (χ4n) is 2.80. The summed E-state index contributed by atoms with van der Waals surface area (Å²) >= 11 is 0. The minimum Gasteiger partial charge on any atom is -0.368 e. The lowest BCUT2D eigenvalue weighted by Crippen LogP contribution is -2.42. The summed E-state index contributed by atoms with van der Waals surface area (Å²) in [5.41, 5.74) is 1.54. The standard InChI is InChI=1S/C16H24FN3O/c1-3-19-10-12-6-7-15(14(17)9-12)20-8-4-5-13(11-20)16(21)18-2/h6-7,9,13,19H,3-5,8,10-11H2,1-2H3,(H,18,21). The summed E-state index contributed by atoms with van der Waals surface area (Å²) in [7, 11) is 1.65. The third-order valence-corrected chi connectivity index (χ3v) is 3.97. The van der Waals surface area contributed by atoms with Gasteiger partial charge in [-0.2, -0.15) is 0 Å². The fraction of sp³-hybridized carbons (Fsp3) is 0.562. The third-order valence-electron chi connectivity index (χ3n) is 3.97. The van der Waals surface area contributed by atoms with Gasteiger partial charge in [0.15, 0.2) is 0 Å². The van der Waals surface area contributed by atoms with E-state index < -0.39 is 0 Å². The average molecular weight is 293 g/mol. The predicted molar refractivity (Wildman–Crippen MR) is 82.8 cm³/mol. The van der Waals surface area contributed by atoms with E-state index in [0.717, 1.165) is 31.5 Å². The van der Waals surface area contributed by atoms with Crippen molar-refractivity contribution in [1.82, 2.24) is 10.6 Å². The maximum Gasteiger partial charge on any atom is 0.224 e. The number of carbonyl (C=O) groups is 1. The summed E-state index contributed by atoms with van der Waals surface area (Å²) in [6.45, 7) is 4.95. The zero-order valence-corrected chi connectivity index (χ0v) is 12.8. The normalized spacial score (nSPS) is 18.6. The van der Waals surface area contributed by atoms with Crippen LogP contribution in [0.4, 0.5) is 10.1 Å². The van der Waals surface area contributed by atoms with Crippen molar-refractivity contribution in [1.29, 1.82) is 0 Å². The molecular formula is C16H24FN3O. The Labute approximate surface area is 125 Å². The summed E-state index contributed by atoms with van der Waals surface area (Å²) in [6, 6.07) is 5.36. The lowest BCUT2D eigenvalue weighted by Gasteiger charge is -2.33. The number of halogens is 1. The Bertz CT molecular complexity index is 492. The number of benzene rings is 1. The molecule has 1 saturated heterocycles. The molecule has 0 saturated carbocycles. The van der Waals surface area contributed by atoms with E-state index in [-0.39, 0.29) is 17.6 Å². The summed E-state index contributed by atoms with van der Waals surface area (Å²) in [5.74, 6) is -0.212. The number of hydrogen-bond acceptors (Lipinski definition) is 3. The first-order valence-corrected chi connectivity index (χ1v) is 7.61. The fourth-order valence-corrected chi connectivity index (χ4v) is 2.80. The van der Waals surface area contributed by atoms with Crippen LogP contribution in [0.1, 0.15) is 25.3 Å². The molecule has 1 aromatic rings. The molecule has 2 N–H and O–H groups in total. The van der Waals surface area contributed by atoms with Gasteiger partial charge in [0.2, 0.25) is 5.91 Å². The van der Waals surface area contributed by atoms with Gasteiger partial charge in [-0.05, 0) is 37.1 Å². The van der Waals surface area contributed by atoms with Gasteiger partial charge in [0.05, 0.1) is 11.6 Å². The van der Waals surface area contributed by atoms with Crippen LogP contribution in [0.15, 0.2) is 18.2 Å². The number of nitrogens with one attached hydrogen (secondary N) is 2. The summed E-state index contributed by atoms with van der Waals surface area (Å²) in [6.07, 6.45) is 1.78. The van der Waals surface area contributed by atoms with Gasteiger partial charge in [-0.15, -0.1) is 0 Å². The molecule has 4 nitrogen and oxygen atoms in total. The van der Waals surface area contributed by atoms with E-state index in [0.29, 0.717) is 18.8 Å². The van der Waals surface area contributed by atoms with Crippen LogP contribution in [0.2, 0.25) is 0 Å². The van der Waals surface area contributed by atoms with Crippen molar-refractivity contribution in [3.05, 3.63) is 29.6 Å². The molecule has 1 atom stereocenters. The van der Waals surface area contributed by atoms with Crippen molar-refractivity contribution in [2.45, 2.75) is 26.3 Å². The molecule has 0 aromatic heterocycles. The van der Waals surface area contributed by atoms with Gasteiger partial charge in [-0.1, -0.05) is 13.0 Å². The molecule has 0 radical (unpaired) electrons. The highest BCUT2D eigenvalue weighted by Gasteiger charge is 2.26. The van der Waals surface area contributed by atoms with Crippen LogP contribution in [-0.4, -0.2) is 32.6 Å². The first kappa shape index (κ1) is 15.8. The predicted octanol–water partition coefficient (Wildman–Crippen LogP) is 1.90. The quantitative estimate of drug-likeness (QED) is 0.871. The Kier molecular flexibility index (Phi) is 5.56. The zero-order chi connectivity index (χ0) is 15.2. The van der Waals surface area contributed by atoms with Crippen molar-refractivity contribution >= 4 is 11.6 Å². The summed E-state index contributed by atoms with van der Waals surface area (Å²) in [5, 5.41) is 5.87. The molecule has 0 spiro atoms. The van der Waals surface area contributed by atoms with Crippen LogP contribution in [0.3, 0.4) is 0 Å². The highest BCUT2D eigenvalue weighted by molar-refractivity contribution is 5.79. The van der Waals surface area contributed by atoms with Crippen molar-refractivity contribution in [2.75, 3.05) is 31.6 Å². The first-order chi connectivity index (χ1) is 10.2. The maximum absolute atomic E-state index is 14.3. The molecule has 1 heterocycles. The smallest absolute Gasteiger partial charge is 0.224 e. The molecule has 0 bridgehead atoms. The minimum absolute atomic E-state index is 0.0453. The molecule has 1 unspecified atom stereocenters. The average Bonchev–Trinajstić information content (AvgIpc) is 2.52. The lowest BCUT2D eigenvalue weighted by atomic mass is 9.96. The van der Waals surface area contributed by atoms with Crippen molar-refractivity contribution in [3.8, 4) is 0 Å². The molecule has 1 amide bonds. The van der Waals surface area contributed by atoms with Crippen LogP contribution < -0.4 is 15.5 Å². The number of hydrogen-bond donors (Lipinski definition) is 2. The molecule has 0 aliphatic carbocycles. The van der Waals surface area contributed by atoms with Crippen LogP contribution in [-0.2, 0) is 11.3 Å². The van der Waals surface area contributed by atoms with E-state index in [2.05, 4.69) is 10.6 Å². The van der Waals surface area contributed by atoms with Crippen LogP contribution in [0.5, 0.6) is 0 Å². The molecule has 1 fully saturated rings. The number of rotatable bonds is 5. The number of amides is 1. The van der Waals surface area contributed by atoms with E-state index >= 15 is 0 Å². The van der Waals surface area contributed by atoms with E-state index in [4.69, 9.17) is 0 Å². The number of nitrogens with zero attached hydrogens (tertiary/aromatic N) is 1. The molecular weight excluding hydrogens is 269 g/mol. The molecule has 5 heteroatoms. The molecule has 2 rings (SSSR count). The zero-order valence-electron chi connectivity index (χ0n) is 12.8. The Morgan fingerprint density at radius 1 is 1.48 bits per heavy atom.